The summed E-state index contributed by atoms with van der Waals surface area (Å²) in [6, 6.07) is 12.4. The van der Waals surface area contributed by atoms with Crippen LogP contribution in [-0.2, 0) is 10.2 Å². The van der Waals surface area contributed by atoms with E-state index < -0.39 is 36.8 Å². The molecule has 3 N–H and O–H groups in total. The van der Waals surface area contributed by atoms with Crippen LogP contribution >= 0.6 is 0 Å². The number of benzene rings is 2. The fourth-order valence-corrected chi connectivity index (χ4v) is 5.72. The lowest BCUT2D eigenvalue weighted by molar-refractivity contribution is -0.285. The van der Waals surface area contributed by atoms with Gasteiger partial charge in [-0.1, -0.05) is 70.1 Å². The monoisotopic (exact) mass is 586 g/mol. The van der Waals surface area contributed by atoms with Gasteiger partial charge in [0.2, 0.25) is 0 Å². The van der Waals surface area contributed by atoms with E-state index in [0.29, 0.717) is 25.2 Å². The molecule has 0 bridgehead atoms. The van der Waals surface area contributed by atoms with Gasteiger partial charge in [-0.05, 0) is 48.6 Å². The Bertz CT molecular complexity index is 1130. The van der Waals surface area contributed by atoms with Crippen molar-refractivity contribution in [3.8, 4) is 17.2 Å². The van der Waals surface area contributed by atoms with Gasteiger partial charge >= 0.3 is 18.1 Å². The lowest BCUT2D eigenvalue weighted by Crippen LogP contribution is -2.40. The van der Waals surface area contributed by atoms with E-state index in [2.05, 4.69) is 6.92 Å². The number of alkyl halides is 5. The highest BCUT2D eigenvalue weighted by Gasteiger charge is 2.57. The van der Waals surface area contributed by atoms with E-state index in [9.17, 15) is 42.1 Å². The molecule has 0 aliphatic carbocycles. The molecular formula is C31H39F5O5. The summed E-state index contributed by atoms with van der Waals surface area (Å²) in [6.45, 7) is 2.58. The van der Waals surface area contributed by atoms with Crippen LogP contribution in [0.5, 0.6) is 17.2 Å². The Morgan fingerprint density at radius 1 is 0.902 bits per heavy atom. The number of rotatable bonds is 15. The molecule has 3 unspecified atom stereocenters. The average Bonchev–Trinajstić information content (AvgIpc) is 2.89. The molecular weight excluding hydrogens is 547 g/mol. The van der Waals surface area contributed by atoms with E-state index in [4.69, 9.17) is 4.74 Å². The van der Waals surface area contributed by atoms with E-state index in [1.165, 1.54) is 0 Å². The molecule has 2 aromatic rings. The van der Waals surface area contributed by atoms with Crippen molar-refractivity contribution >= 4 is 5.97 Å². The third-order valence-corrected chi connectivity index (χ3v) is 8.31. The largest absolute Gasteiger partial charge is 0.508 e. The number of aliphatic carboxylic acids is 1. The number of fused-ring (bicyclic) bond motifs is 1. The minimum atomic E-state index is -5.67. The van der Waals surface area contributed by atoms with Crippen LogP contribution in [0.25, 0.3) is 0 Å². The quantitative estimate of drug-likeness (QED) is 0.144. The van der Waals surface area contributed by atoms with Gasteiger partial charge in [0, 0.05) is 23.8 Å². The molecule has 0 amide bonds. The summed E-state index contributed by atoms with van der Waals surface area (Å²) in [5.74, 6) is -6.29. The summed E-state index contributed by atoms with van der Waals surface area (Å²) in [5, 5.41) is 28.9. The molecule has 0 aromatic heterocycles. The smallest absolute Gasteiger partial charge is 0.453 e. The summed E-state index contributed by atoms with van der Waals surface area (Å²) < 4.78 is 69.4. The van der Waals surface area contributed by atoms with Gasteiger partial charge in [-0.25, -0.2) is 0 Å². The number of ether oxygens (including phenoxy) is 1. The second kappa shape index (κ2) is 13.7. The zero-order valence-electron chi connectivity index (χ0n) is 23.2. The van der Waals surface area contributed by atoms with Crippen molar-refractivity contribution in [1.82, 2.24) is 0 Å². The predicted molar refractivity (Wildman–Crippen MR) is 145 cm³/mol. The number of phenolic OH excluding ortho intramolecular Hbond substituents is 2. The number of phenols is 2. The molecule has 2 aromatic carbocycles. The third kappa shape index (κ3) is 8.49. The summed E-state index contributed by atoms with van der Waals surface area (Å²) in [4.78, 5) is 11.3. The first kappa shape index (κ1) is 32.5. The van der Waals surface area contributed by atoms with Crippen molar-refractivity contribution in [3.05, 3.63) is 53.6 Å². The van der Waals surface area contributed by atoms with Crippen molar-refractivity contribution in [2.24, 2.45) is 5.92 Å². The molecule has 0 spiro atoms. The Balaban J connectivity index is 1.44. The standard InChI is InChI=1S/C31H39F5O5/c1-29(22-11-13-23(37)14-12-22)20-41-27-19-24(38)15-16-25(27)26(29)10-8-6-4-2-3-5-7-9-21(28(39)40)17-18-30(32,33)31(34,35)36/h11-16,19,21,26,37-38H,2-10,17-18,20H2,1H3,(H,39,40). The maximum absolute atomic E-state index is 13.2. The van der Waals surface area contributed by atoms with Gasteiger partial charge in [-0.2, -0.15) is 22.0 Å². The van der Waals surface area contributed by atoms with Crippen LogP contribution in [0.1, 0.15) is 94.6 Å². The zero-order chi connectivity index (χ0) is 30.3. The second-order valence-corrected chi connectivity index (χ2v) is 11.4. The van der Waals surface area contributed by atoms with Crippen molar-refractivity contribution < 1.29 is 46.8 Å². The number of aromatic hydroxyl groups is 2. The third-order valence-electron chi connectivity index (χ3n) is 8.31. The molecule has 1 aliphatic rings. The van der Waals surface area contributed by atoms with Crippen LogP contribution in [0.3, 0.4) is 0 Å². The highest BCUT2D eigenvalue weighted by atomic mass is 19.4. The van der Waals surface area contributed by atoms with Crippen LogP contribution < -0.4 is 4.74 Å². The number of hydrogen-bond donors (Lipinski definition) is 3. The van der Waals surface area contributed by atoms with Crippen molar-refractivity contribution in [1.29, 1.82) is 0 Å². The molecule has 0 saturated heterocycles. The van der Waals surface area contributed by atoms with Gasteiger partial charge in [0.25, 0.3) is 0 Å². The van der Waals surface area contributed by atoms with Gasteiger partial charge in [0.15, 0.2) is 0 Å². The molecule has 0 saturated carbocycles. The summed E-state index contributed by atoms with van der Waals surface area (Å²) >= 11 is 0. The fourth-order valence-electron chi connectivity index (χ4n) is 5.72. The van der Waals surface area contributed by atoms with E-state index in [1.54, 1.807) is 24.3 Å². The van der Waals surface area contributed by atoms with Crippen molar-refractivity contribution in [2.45, 2.75) is 101 Å². The molecule has 0 fully saturated rings. The van der Waals surface area contributed by atoms with Crippen LogP contribution in [0.4, 0.5) is 22.0 Å². The second-order valence-electron chi connectivity index (χ2n) is 11.4. The summed E-state index contributed by atoms with van der Waals surface area (Å²) in [7, 11) is 0. The number of hydrogen-bond acceptors (Lipinski definition) is 4. The molecule has 0 radical (unpaired) electrons. The highest BCUT2D eigenvalue weighted by Crippen LogP contribution is 2.50. The first-order chi connectivity index (χ1) is 19.2. The molecule has 10 heteroatoms. The lowest BCUT2D eigenvalue weighted by atomic mass is 9.66. The topological polar surface area (TPSA) is 87.0 Å². The normalized spacial score (nSPS) is 19.8. The first-order valence-electron chi connectivity index (χ1n) is 14.2. The lowest BCUT2D eigenvalue weighted by Gasteiger charge is -2.43. The number of halogens is 5. The Labute approximate surface area is 237 Å². The van der Waals surface area contributed by atoms with E-state index >= 15 is 0 Å². The van der Waals surface area contributed by atoms with Gasteiger partial charge in [0.05, 0.1) is 12.5 Å². The number of carboxylic acid groups (broad SMARTS) is 1. The first-order valence-corrected chi connectivity index (χ1v) is 14.2. The van der Waals surface area contributed by atoms with Crippen LogP contribution in [-0.4, -0.2) is 40.0 Å². The van der Waals surface area contributed by atoms with Crippen molar-refractivity contribution in [3.63, 3.8) is 0 Å². The predicted octanol–water partition coefficient (Wildman–Crippen LogP) is 8.72. The zero-order valence-corrected chi connectivity index (χ0v) is 23.2. The Hall–Kier alpha value is -3.04. The SMILES string of the molecule is CC1(c2ccc(O)cc2)COc2cc(O)ccc2C1CCCCCCCCCC(CCC(F)(F)C(F)(F)F)C(=O)O. The highest BCUT2D eigenvalue weighted by molar-refractivity contribution is 5.69. The minimum Gasteiger partial charge on any atom is -0.508 e. The van der Waals surface area contributed by atoms with Gasteiger partial charge in [-0.15, -0.1) is 0 Å². The van der Waals surface area contributed by atoms with Crippen molar-refractivity contribution in [2.75, 3.05) is 6.61 Å². The molecule has 3 atom stereocenters. The maximum atomic E-state index is 13.2. The Kier molecular flexibility index (Phi) is 10.9. The van der Waals surface area contributed by atoms with Crippen LogP contribution in [0.15, 0.2) is 42.5 Å². The maximum Gasteiger partial charge on any atom is 0.453 e. The number of unbranched alkanes of at least 4 members (excludes halogenated alkanes) is 6. The molecule has 228 valence electrons. The molecule has 1 heterocycles. The Morgan fingerprint density at radius 3 is 2.10 bits per heavy atom. The van der Waals surface area contributed by atoms with E-state index in [1.807, 2.05) is 18.2 Å². The van der Waals surface area contributed by atoms with Gasteiger partial charge in [0.1, 0.15) is 17.2 Å². The van der Waals surface area contributed by atoms with Crippen LogP contribution in [0.2, 0.25) is 0 Å². The molecule has 3 rings (SSSR count). The average molecular weight is 587 g/mol. The molecule has 1 aliphatic heterocycles. The van der Waals surface area contributed by atoms with Gasteiger partial charge in [-0.3, -0.25) is 4.79 Å². The van der Waals surface area contributed by atoms with E-state index in [-0.39, 0.29) is 29.3 Å². The fraction of sp³-hybridized carbons (Fsp3) is 0.581. The molecule has 41 heavy (non-hydrogen) atoms. The summed E-state index contributed by atoms with van der Waals surface area (Å²) in [6.07, 6.45) is -1.14. The number of carboxylic acids is 1. The number of carbonyl (C=O) groups is 1. The summed E-state index contributed by atoms with van der Waals surface area (Å²) in [5.41, 5.74) is 1.76. The van der Waals surface area contributed by atoms with Gasteiger partial charge < -0.3 is 20.1 Å². The minimum absolute atomic E-state index is 0.0812. The Morgan fingerprint density at radius 2 is 1.49 bits per heavy atom. The van der Waals surface area contributed by atoms with Crippen LogP contribution in [0, 0.1) is 5.92 Å². The molecule has 5 nitrogen and oxygen atoms in total. The van der Waals surface area contributed by atoms with E-state index in [0.717, 1.165) is 49.7 Å².